The highest BCUT2D eigenvalue weighted by molar-refractivity contribution is 5.88. The Morgan fingerprint density at radius 1 is 0.846 bits per heavy atom. The number of carbonyl (C=O) groups excluding carboxylic acids is 2. The van der Waals surface area contributed by atoms with Crippen molar-refractivity contribution in [3.63, 3.8) is 0 Å². The molecule has 2 bridgehead atoms. The lowest BCUT2D eigenvalue weighted by Crippen LogP contribution is -2.56. The maximum Gasteiger partial charge on any atom is 0.364 e. The van der Waals surface area contributed by atoms with E-state index in [4.69, 9.17) is 18.9 Å². The maximum atomic E-state index is 12.6. The van der Waals surface area contributed by atoms with Crippen molar-refractivity contribution in [1.82, 2.24) is 0 Å². The molecule has 206 valence electrons. The molecule has 2 fully saturated rings. The van der Waals surface area contributed by atoms with Crippen LogP contribution in [0.2, 0.25) is 0 Å². The summed E-state index contributed by atoms with van der Waals surface area (Å²) >= 11 is 0. The summed E-state index contributed by atoms with van der Waals surface area (Å²) in [7, 11) is 0. The van der Waals surface area contributed by atoms with Crippen LogP contribution in [-0.2, 0) is 33.3 Å². The summed E-state index contributed by atoms with van der Waals surface area (Å²) in [6, 6.07) is 7.64. The number of aliphatic carboxylic acids is 1. The SMILES string of the molecule is O=C(/C=C/c1ccc(O)c(O)c1)O[C@H]1[C@@H]2O[C@@](C(=O)O)(C[C@@H]1OC(=O)/C=C/c1ccc(O)c(O)c1)O[C@H]2CO. The third-order valence-corrected chi connectivity index (χ3v) is 6.04. The first-order valence-electron chi connectivity index (χ1n) is 11.5. The van der Waals surface area contributed by atoms with Crippen molar-refractivity contribution in [3.05, 3.63) is 59.7 Å². The van der Waals surface area contributed by atoms with Gasteiger partial charge in [-0.15, -0.1) is 0 Å². The Morgan fingerprint density at radius 2 is 1.38 bits per heavy atom. The number of aliphatic hydroxyl groups excluding tert-OH is 1. The van der Waals surface area contributed by atoms with Gasteiger partial charge in [0.2, 0.25) is 0 Å². The Kier molecular flexibility index (Phi) is 7.76. The van der Waals surface area contributed by atoms with E-state index in [-0.39, 0.29) is 11.5 Å². The minimum atomic E-state index is -2.25. The van der Waals surface area contributed by atoms with Gasteiger partial charge in [0.25, 0.3) is 5.79 Å². The lowest BCUT2D eigenvalue weighted by Gasteiger charge is -2.37. The van der Waals surface area contributed by atoms with Crippen molar-refractivity contribution in [2.75, 3.05) is 6.61 Å². The van der Waals surface area contributed by atoms with Gasteiger partial charge in [-0.1, -0.05) is 12.1 Å². The molecule has 4 rings (SSSR count). The Balaban J connectivity index is 1.54. The van der Waals surface area contributed by atoms with Gasteiger partial charge in [-0.05, 0) is 47.5 Å². The van der Waals surface area contributed by atoms with Crippen LogP contribution < -0.4 is 0 Å². The van der Waals surface area contributed by atoms with E-state index in [0.29, 0.717) is 11.1 Å². The summed E-state index contributed by atoms with van der Waals surface area (Å²) in [6.45, 7) is -0.679. The predicted octanol–water partition coefficient (Wildman–Crippen LogP) is 1.02. The molecule has 2 saturated heterocycles. The van der Waals surface area contributed by atoms with Gasteiger partial charge in [0.1, 0.15) is 18.3 Å². The van der Waals surface area contributed by atoms with Crippen LogP contribution in [0, 0.1) is 0 Å². The average Bonchev–Trinajstić information content (AvgIpc) is 3.22. The fourth-order valence-corrected chi connectivity index (χ4v) is 4.16. The van der Waals surface area contributed by atoms with Crippen LogP contribution in [0.5, 0.6) is 23.0 Å². The maximum absolute atomic E-state index is 12.6. The predicted molar refractivity (Wildman–Crippen MR) is 129 cm³/mol. The van der Waals surface area contributed by atoms with Gasteiger partial charge in [0, 0.05) is 12.2 Å². The number of aromatic hydroxyl groups is 4. The summed E-state index contributed by atoms with van der Waals surface area (Å²) in [4.78, 5) is 37.2. The molecule has 0 unspecified atom stereocenters. The fraction of sp³-hybridized carbons (Fsp3) is 0.269. The number of rotatable bonds is 8. The molecule has 5 atom stereocenters. The van der Waals surface area contributed by atoms with E-state index >= 15 is 0 Å². The number of carboxylic acids is 1. The number of hydrogen-bond donors (Lipinski definition) is 6. The summed E-state index contributed by atoms with van der Waals surface area (Å²) in [6.07, 6.45) is -1.30. The van der Waals surface area contributed by atoms with Crippen LogP contribution in [0.15, 0.2) is 48.6 Å². The highest BCUT2D eigenvalue weighted by atomic mass is 16.8. The monoisotopic (exact) mass is 544 g/mol. The molecule has 13 heteroatoms. The molecule has 0 aromatic heterocycles. The van der Waals surface area contributed by atoms with E-state index in [2.05, 4.69) is 0 Å². The zero-order valence-corrected chi connectivity index (χ0v) is 20.0. The van der Waals surface area contributed by atoms with Crippen LogP contribution >= 0.6 is 0 Å². The number of carbonyl (C=O) groups is 3. The highest BCUT2D eigenvalue weighted by Crippen LogP contribution is 2.43. The van der Waals surface area contributed by atoms with E-state index in [1.807, 2.05) is 0 Å². The second kappa shape index (κ2) is 11.0. The van der Waals surface area contributed by atoms with Gasteiger partial charge in [0.15, 0.2) is 29.1 Å². The van der Waals surface area contributed by atoms with E-state index in [9.17, 15) is 45.0 Å². The molecule has 0 saturated carbocycles. The molecule has 0 aliphatic carbocycles. The highest BCUT2D eigenvalue weighted by Gasteiger charge is 2.64. The minimum absolute atomic E-state index is 0.341. The van der Waals surface area contributed by atoms with Crippen molar-refractivity contribution < 1.29 is 64.0 Å². The Hall–Kier alpha value is -4.59. The van der Waals surface area contributed by atoms with E-state index < -0.39 is 72.6 Å². The first-order valence-corrected chi connectivity index (χ1v) is 11.5. The third-order valence-electron chi connectivity index (χ3n) is 6.04. The van der Waals surface area contributed by atoms with Crippen molar-refractivity contribution in [1.29, 1.82) is 0 Å². The molecule has 2 aliphatic heterocycles. The molecule has 0 spiro atoms. The van der Waals surface area contributed by atoms with Gasteiger partial charge < -0.3 is 49.6 Å². The average molecular weight is 544 g/mol. The zero-order chi connectivity index (χ0) is 28.3. The lowest BCUT2D eigenvalue weighted by molar-refractivity contribution is -0.250. The molecule has 2 aromatic carbocycles. The number of carboxylic acid groups (broad SMARTS) is 1. The number of benzene rings is 2. The van der Waals surface area contributed by atoms with E-state index in [1.54, 1.807) is 0 Å². The van der Waals surface area contributed by atoms with Gasteiger partial charge >= 0.3 is 17.9 Å². The number of phenols is 4. The molecular weight excluding hydrogens is 520 g/mol. The van der Waals surface area contributed by atoms with Gasteiger partial charge in [-0.3, -0.25) is 0 Å². The normalized spacial score (nSPS) is 26.1. The lowest BCUT2D eigenvalue weighted by atomic mass is 9.95. The first kappa shape index (κ1) is 27.4. The smallest absolute Gasteiger partial charge is 0.364 e. The molecular formula is C26H24O13. The number of fused-ring (bicyclic) bond motifs is 2. The van der Waals surface area contributed by atoms with Crippen molar-refractivity contribution in [3.8, 4) is 23.0 Å². The minimum Gasteiger partial charge on any atom is -0.504 e. The molecule has 0 amide bonds. The second-order valence-electron chi connectivity index (χ2n) is 8.72. The largest absolute Gasteiger partial charge is 0.504 e. The van der Waals surface area contributed by atoms with Gasteiger partial charge in [-0.2, -0.15) is 0 Å². The molecule has 6 N–H and O–H groups in total. The third kappa shape index (κ3) is 5.95. The Morgan fingerprint density at radius 3 is 1.87 bits per heavy atom. The summed E-state index contributed by atoms with van der Waals surface area (Å²) in [5, 5.41) is 57.5. The number of phenolic OH excluding ortho intramolecular Hbond substituents is 4. The number of aliphatic hydroxyl groups is 1. The summed E-state index contributed by atoms with van der Waals surface area (Å²) in [5.74, 6) is -7.21. The van der Waals surface area contributed by atoms with Crippen LogP contribution in [0.25, 0.3) is 12.2 Å². The van der Waals surface area contributed by atoms with E-state index in [0.717, 1.165) is 12.2 Å². The van der Waals surface area contributed by atoms with E-state index in [1.165, 1.54) is 48.6 Å². The standard InChI is InChI=1S/C26H24O13/c27-12-20-24-23(37-22(33)8-4-14-2-6-16(29)18(31)10-14)19(11-26(38-20,39-24)25(34)35)36-21(32)7-3-13-1-5-15(28)17(30)9-13/h1-10,19-20,23-24,27-31H,11-12H2,(H,34,35)/b7-3+,8-4+/t19-,20-,23+,24+,26+/m0/s1. The van der Waals surface area contributed by atoms with Gasteiger partial charge in [-0.25, -0.2) is 14.4 Å². The molecule has 39 heavy (non-hydrogen) atoms. The van der Waals surface area contributed by atoms with Crippen molar-refractivity contribution in [2.24, 2.45) is 0 Å². The number of esters is 2. The number of hydrogen-bond acceptors (Lipinski definition) is 12. The molecule has 2 aromatic rings. The number of ether oxygens (including phenoxy) is 4. The van der Waals surface area contributed by atoms with Crippen LogP contribution in [0.3, 0.4) is 0 Å². The second-order valence-corrected chi connectivity index (χ2v) is 8.72. The van der Waals surface area contributed by atoms with Crippen LogP contribution in [0.1, 0.15) is 17.5 Å². The van der Waals surface area contributed by atoms with Crippen molar-refractivity contribution >= 4 is 30.1 Å². The topological polar surface area (TPSA) is 210 Å². The van der Waals surface area contributed by atoms with Crippen molar-refractivity contribution in [2.45, 2.75) is 36.6 Å². The van der Waals surface area contributed by atoms with Crippen LogP contribution in [-0.4, -0.2) is 85.4 Å². The molecule has 13 nitrogen and oxygen atoms in total. The van der Waals surface area contributed by atoms with Crippen LogP contribution in [0.4, 0.5) is 0 Å². The Labute approximate surface area is 220 Å². The molecule has 2 heterocycles. The first-order chi connectivity index (χ1) is 18.5. The summed E-state index contributed by atoms with van der Waals surface area (Å²) in [5.41, 5.74) is 0.686. The zero-order valence-electron chi connectivity index (χ0n) is 20.0. The fourth-order valence-electron chi connectivity index (χ4n) is 4.16. The summed E-state index contributed by atoms with van der Waals surface area (Å²) < 4.78 is 21.8. The van der Waals surface area contributed by atoms with Gasteiger partial charge in [0.05, 0.1) is 13.0 Å². The molecule has 2 aliphatic rings. The Bertz CT molecular complexity index is 1330. The molecule has 0 radical (unpaired) electrons. The quantitative estimate of drug-likeness (QED) is 0.156.